The summed E-state index contributed by atoms with van der Waals surface area (Å²) in [4.78, 5) is 3.81. The van der Waals surface area contributed by atoms with Gasteiger partial charge in [-0.15, -0.1) is 6.42 Å². The van der Waals surface area contributed by atoms with E-state index in [1.165, 1.54) is 0 Å². The number of hydrogen-bond donors (Lipinski definition) is 1. The van der Waals surface area contributed by atoms with Gasteiger partial charge in [-0.3, -0.25) is 0 Å². The quantitative estimate of drug-likeness (QED) is 0.651. The Labute approximate surface area is 71.1 Å². The number of pyridine rings is 1. The van der Waals surface area contributed by atoms with E-state index < -0.39 is 0 Å². The molecule has 0 amide bonds. The third kappa shape index (κ3) is 2.00. The third-order valence-electron chi connectivity index (χ3n) is 1.27. The predicted molar refractivity (Wildman–Crippen MR) is 46.3 cm³/mol. The van der Waals surface area contributed by atoms with Crippen LogP contribution in [0.5, 0.6) is 0 Å². The number of hydrogen-bond acceptors (Lipinski definition) is 3. The van der Waals surface area contributed by atoms with Crippen LogP contribution in [0, 0.1) is 23.7 Å². The molecule has 0 aliphatic heterocycles. The Balaban J connectivity index is 2.76. The van der Waals surface area contributed by atoms with E-state index in [2.05, 4.69) is 16.2 Å². The van der Waals surface area contributed by atoms with E-state index in [1.807, 2.05) is 6.07 Å². The number of anilines is 1. The molecule has 1 aromatic rings. The summed E-state index contributed by atoms with van der Waals surface area (Å²) < 4.78 is 0. The number of aromatic nitrogens is 1. The largest absolute Gasteiger partial charge is 0.374 e. The molecule has 0 saturated heterocycles. The summed E-state index contributed by atoms with van der Waals surface area (Å²) in [6.07, 6.45) is 6.62. The molecule has 0 radical (unpaired) electrons. The zero-order chi connectivity index (χ0) is 8.81. The zero-order valence-corrected chi connectivity index (χ0v) is 6.41. The molecule has 58 valence electrons. The lowest BCUT2D eigenvalue weighted by atomic mass is 10.3. The van der Waals surface area contributed by atoms with E-state index in [0.29, 0.717) is 12.2 Å². The molecule has 1 aromatic heterocycles. The molecule has 3 nitrogen and oxygen atoms in total. The predicted octanol–water partition coefficient (Wildman–Crippen LogP) is 0.998. The van der Waals surface area contributed by atoms with Crippen molar-refractivity contribution in [2.45, 2.75) is 0 Å². The van der Waals surface area contributed by atoms with Crippen LogP contribution < -0.4 is 5.32 Å². The van der Waals surface area contributed by atoms with Gasteiger partial charge in [0.2, 0.25) is 0 Å². The molecule has 0 fully saturated rings. The summed E-state index contributed by atoms with van der Waals surface area (Å²) in [5, 5.41) is 11.4. The Bertz CT molecular complexity index is 344. The fraction of sp³-hybridized carbons (Fsp3) is 0.111. The monoisotopic (exact) mass is 157 g/mol. The Kier molecular flexibility index (Phi) is 2.70. The van der Waals surface area contributed by atoms with Crippen LogP contribution >= 0.6 is 0 Å². The van der Waals surface area contributed by atoms with Crippen LogP contribution in [0.15, 0.2) is 18.3 Å². The van der Waals surface area contributed by atoms with Crippen molar-refractivity contribution in [1.29, 1.82) is 5.26 Å². The lowest BCUT2D eigenvalue weighted by molar-refractivity contribution is 1.25. The average molecular weight is 157 g/mol. The Hall–Kier alpha value is -2.00. The molecule has 3 heteroatoms. The minimum atomic E-state index is 0.386. The van der Waals surface area contributed by atoms with Gasteiger partial charge in [0, 0.05) is 11.9 Å². The first-order chi connectivity index (χ1) is 5.86. The molecule has 1 heterocycles. The molecule has 12 heavy (non-hydrogen) atoms. The van der Waals surface area contributed by atoms with E-state index in [4.69, 9.17) is 11.7 Å². The summed E-state index contributed by atoms with van der Waals surface area (Å²) in [6, 6.07) is 5.35. The van der Waals surface area contributed by atoms with Crippen LogP contribution in [0.4, 0.5) is 5.69 Å². The second-order valence-corrected chi connectivity index (χ2v) is 2.10. The summed E-state index contributed by atoms with van der Waals surface area (Å²) in [5.41, 5.74) is 1.21. The zero-order valence-electron chi connectivity index (χ0n) is 6.41. The van der Waals surface area contributed by atoms with Crippen LogP contribution in [-0.4, -0.2) is 11.5 Å². The van der Waals surface area contributed by atoms with E-state index in [1.54, 1.807) is 18.3 Å². The fourth-order valence-corrected chi connectivity index (χ4v) is 0.755. The molecular formula is C9H7N3. The molecule has 1 rings (SSSR count). The van der Waals surface area contributed by atoms with Gasteiger partial charge in [0.05, 0.1) is 6.54 Å². The number of terminal acetylenes is 1. The van der Waals surface area contributed by atoms with Crippen molar-refractivity contribution in [2.75, 3.05) is 11.9 Å². The van der Waals surface area contributed by atoms with E-state index in [9.17, 15) is 0 Å². The number of nitrogens with zero attached hydrogens (tertiary/aromatic N) is 2. The standard InChI is InChI=1S/C9H7N3/c1-2-4-11-8-3-5-12-9(6-8)7-10/h1,3,5-6H,4H2,(H,11,12). The number of nitrogens with one attached hydrogen (secondary N) is 1. The highest BCUT2D eigenvalue weighted by Gasteiger charge is 1.92. The molecule has 0 aliphatic rings. The molecule has 0 atom stereocenters. The van der Waals surface area contributed by atoms with Gasteiger partial charge in [-0.2, -0.15) is 5.26 Å². The van der Waals surface area contributed by atoms with Crippen LogP contribution in [0.1, 0.15) is 5.69 Å². The Morgan fingerprint density at radius 2 is 2.50 bits per heavy atom. The van der Waals surface area contributed by atoms with Crippen molar-refractivity contribution < 1.29 is 0 Å². The average Bonchev–Trinajstić information content (AvgIpc) is 2.15. The van der Waals surface area contributed by atoms with Gasteiger partial charge in [-0.1, -0.05) is 5.92 Å². The molecule has 0 spiro atoms. The second kappa shape index (κ2) is 4.00. The van der Waals surface area contributed by atoms with Crippen molar-refractivity contribution >= 4 is 5.69 Å². The van der Waals surface area contributed by atoms with Crippen molar-refractivity contribution in [2.24, 2.45) is 0 Å². The maximum absolute atomic E-state index is 8.51. The van der Waals surface area contributed by atoms with Crippen molar-refractivity contribution in [1.82, 2.24) is 4.98 Å². The molecule has 0 aliphatic carbocycles. The summed E-state index contributed by atoms with van der Waals surface area (Å²) in [6.45, 7) is 0.453. The van der Waals surface area contributed by atoms with Gasteiger partial charge in [0.1, 0.15) is 11.8 Å². The normalized spacial score (nSPS) is 8.17. The van der Waals surface area contributed by atoms with E-state index in [0.717, 1.165) is 5.69 Å². The highest BCUT2D eigenvalue weighted by atomic mass is 14.9. The lowest BCUT2D eigenvalue weighted by Gasteiger charge is -2.00. The topological polar surface area (TPSA) is 48.7 Å². The van der Waals surface area contributed by atoms with Crippen LogP contribution in [-0.2, 0) is 0 Å². The van der Waals surface area contributed by atoms with Gasteiger partial charge in [0.15, 0.2) is 0 Å². The van der Waals surface area contributed by atoms with Crippen LogP contribution in [0.2, 0.25) is 0 Å². The van der Waals surface area contributed by atoms with Gasteiger partial charge >= 0.3 is 0 Å². The van der Waals surface area contributed by atoms with Gasteiger partial charge in [-0.25, -0.2) is 4.98 Å². The Morgan fingerprint density at radius 1 is 1.67 bits per heavy atom. The SMILES string of the molecule is C#CCNc1ccnc(C#N)c1. The highest BCUT2D eigenvalue weighted by Crippen LogP contribution is 2.05. The van der Waals surface area contributed by atoms with Crippen LogP contribution in [0.25, 0.3) is 0 Å². The number of nitriles is 1. The second-order valence-electron chi connectivity index (χ2n) is 2.10. The summed E-state index contributed by atoms with van der Waals surface area (Å²) in [5.74, 6) is 2.44. The molecule has 0 saturated carbocycles. The van der Waals surface area contributed by atoms with Gasteiger partial charge in [-0.05, 0) is 12.1 Å². The summed E-state index contributed by atoms with van der Waals surface area (Å²) in [7, 11) is 0. The first-order valence-electron chi connectivity index (χ1n) is 3.40. The first kappa shape index (κ1) is 8.10. The third-order valence-corrected chi connectivity index (χ3v) is 1.27. The van der Waals surface area contributed by atoms with Crippen molar-refractivity contribution in [3.8, 4) is 18.4 Å². The van der Waals surface area contributed by atoms with Crippen LogP contribution in [0.3, 0.4) is 0 Å². The van der Waals surface area contributed by atoms with Gasteiger partial charge < -0.3 is 5.32 Å². The van der Waals surface area contributed by atoms with Gasteiger partial charge in [0.25, 0.3) is 0 Å². The van der Waals surface area contributed by atoms with E-state index in [-0.39, 0.29) is 0 Å². The molecule has 0 bridgehead atoms. The molecule has 1 N–H and O–H groups in total. The molecule has 0 aromatic carbocycles. The maximum Gasteiger partial charge on any atom is 0.142 e. The summed E-state index contributed by atoms with van der Waals surface area (Å²) >= 11 is 0. The van der Waals surface area contributed by atoms with Crippen molar-refractivity contribution in [3.63, 3.8) is 0 Å². The molecule has 0 unspecified atom stereocenters. The number of rotatable bonds is 2. The minimum absolute atomic E-state index is 0.386. The maximum atomic E-state index is 8.51. The highest BCUT2D eigenvalue weighted by molar-refractivity contribution is 5.46. The fourth-order valence-electron chi connectivity index (χ4n) is 0.755. The first-order valence-corrected chi connectivity index (χ1v) is 3.40. The smallest absolute Gasteiger partial charge is 0.142 e. The van der Waals surface area contributed by atoms with Crippen molar-refractivity contribution in [3.05, 3.63) is 24.0 Å². The lowest BCUT2D eigenvalue weighted by Crippen LogP contribution is -1.98. The minimum Gasteiger partial charge on any atom is -0.374 e. The Morgan fingerprint density at radius 3 is 3.17 bits per heavy atom. The van der Waals surface area contributed by atoms with E-state index >= 15 is 0 Å². The molecular weight excluding hydrogens is 150 g/mol.